The van der Waals surface area contributed by atoms with E-state index in [0.29, 0.717) is 30.0 Å². The van der Waals surface area contributed by atoms with Gasteiger partial charge in [0, 0.05) is 27.8 Å². The van der Waals surface area contributed by atoms with E-state index in [1.807, 2.05) is 4.90 Å². The predicted octanol–water partition coefficient (Wildman–Crippen LogP) is 3.81. The number of pyridine rings is 1. The number of hydroxylamine groups is 2. The number of benzene rings is 1. The highest BCUT2D eigenvalue weighted by atomic mass is 19.4. The largest absolute Gasteiger partial charge is 0.529 e. The maximum atomic E-state index is 13.5. The molecule has 6 rings (SSSR count). The van der Waals surface area contributed by atoms with Crippen LogP contribution in [-0.4, -0.2) is 67.7 Å². The van der Waals surface area contributed by atoms with Gasteiger partial charge in [-0.2, -0.15) is 28.1 Å². The van der Waals surface area contributed by atoms with Gasteiger partial charge in [0.05, 0.1) is 43.9 Å². The van der Waals surface area contributed by atoms with E-state index >= 15 is 0 Å². The van der Waals surface area contributed by atoms with Gasteiger partial charge in [-0.25, -0.2) is 14.6 Å². The molecule has 1 N–H and O–H groups in total. The van der Waals surface area contributed by atoms with E-state index in [2.05, 4.69) is 16.0 Å². The van der Waals surface area contributed by atoms with Crippen molar-refractivity contribution in [2.75, 3.05) is 36.5 Å². The first-order valence-electron chi connectivity index (χ1n) is 13.3. The summed E-state index contributed by atoms with van der Waals surface area (Å²) in [5.74, 6) is -1.72. The van der Waals surface area contributed by atoms with Gasteiger partial charge in [-0.15, -0.1) is 0 Å². The summed E-state index contributed by atoms with van der Waals surface area (Å²) >= 11 is 0. The number of carbonyl (C=O) groups is 3. The van der Waals surface area contributed by atoms with Crippen molar-refractivity contribution >= 4 is 35.2 Å². The SMILES string of the molecule is CN1C(=O)[N+](CC(C)(C)C)(OC(=O)C(F)(F)F)c2ccc(N3CC4CCC3CN4C(=O)c3cccc(C#N)c3)[nH+]c21. The zero-order chi connectivity index (χ0) is 29.9. The Balaban J connectivity index is 1.44. The average Bonchev–Trinajstić information content (AvgIpc) is 3.12. The maximum Gasteiger partial charge on any atom is 0.529 e. The van der Waals surface area contributed by atoms with Crippen LogP contribution >= 0.6 is 0 Å². The Hall–Kier alpha value is -4.18. The molecule has 5 heterocycles. The van der Waals surface area contributed by atoms with Crippen molar-refractivity contribution in [3.63, 3.8) is 0 Å². The van der Waals surface area contributed by atoms with E-state index in [1.165, 1.54) is 18.0 Å². The molecule has 1 aromatic heterocycles. The van der Waals surface area contributed by atoms with Crippen molar-refractivity contribution in [2.45, 2.75) is 51.9 Å². The molecular weight excluding hydrogens is 541 g/mol. The molecule has 0 spiro atoms. The lowest BCUT2D eigenvalue weighted by atomic mass is 9.90. The fourth-order valence-electron chi connectivity index (χ4n) is 6.01. The van der Waals surface area contributed by atoms with Crippen LogP contribution in [0.25, 0.3) is 0 Å². The fourth-order valence-corrected chi connectivity index (χ4v) is 6.01. The van der Waals surface area contributed by atoms with Gasteiger partial charge in [0.2, 0.25) is 5.82 Å². The first kappa shape index (κ1) is 28.4. The number of amides is 3. The lowest BCUT2D eigenvalue weighted by molar-refractivity contribution is -0.349. The molecule has 41 heavy (non-hydrogen) atoms. The number of piperidine rings is 2. The van der Waals surface area contributed by atoms with Crippen LogP contribution < -0.4 is 19.4 Å². The second kappa shape index (κ2) is 9.73. The molecule has 1 aromatic carbocycles. The molecule has 0 saturated carbocycles. The normalized spacial score (nSPS) is 23.9. The summed E-state index contributed by atoms with van der Waals surface area (Å²) < 4.78 is 38.6. The smallest absolute Gasteiger partial charge is 0.329 e. The van der Waals surface area contributed by atoms with Gasteiger partial charge in [-0.3, -0.25) is 9.69 Å². The second-order valence-corrected chi connectivity index (χ2v) is 11.9. The number of alkyl halides is 3. The number of nitrogens with one attached hydrogen (secondary N) is 1. The first-order chi connectivity index (χ1) is 19.1. The number of rotatable bonds is 4. The van der Waals surface area contributed by atoms with E-state index in [0.717, 1.165) is 12.8 Å². The van der Waals surface area contributed by atoms with E-state index in [4.69, 9.17) is 4.84 Å². The number of fused-ring (bicyclic) bond motifs is 4. The molecule has 216 valence electrons. The van der Waals surface area contributed by atoms with Crippen LogP contribution in [0.1, 0.15) is 49.5 Å². The van der Waals surface area contributed by atoms with Crippen LogP contribution in [0.2, 0.25) is 0 Å². The molecule has 3 saturated heterocycles. The van der Waals surface area contributed by atoms with Gasteiger partial charge in [0.15, 0.2) is 0 Å². The van der Waals surface area contributed by atoms with Crippen molar-refractivity contribution in [2.24, 2.45) is 5.41 Å². The Morgan fingerprint density at radius 1 is 1.12 bits per heavy atom. The highest BCUT2D eigenvalue weighted by Gasteiger charge is 2.64. The monoisotopic (exact) mass is 572 g/mol. The Labute approximate surface area is 235 Å². The zero-order valence-corrected chi connectivity index (χ0v) is 23.2. The molecule has 2 bridgehead atoms. The molecule has 3 unspecified atom stereocenters. The number of nitriles is 1. The molecule has 10 nitrogen and oxygen atoms in total. The van der Waals surface area contributed by atoms with Crippen LogP contribution in [0, 0.1) is 16.7 Å². The Morgan fingerprint density at radius 3 is 2.44 bits per heavy atom. The quantitative estimate of drug-likeness (QED) is 0.516. The summed E-state index contributed by atoms with van der Waals surface area (Å²) in [4.78, 5) is 52.1. The number of piperazine rings is 1. The Bertz CT molecular complexity index is 1470. The molecule has 4 aliphatic heterocycles. The molecular formula is C28H31F3N6O4+2. The number of H-pyrrole nitrogens is 1. The van der Waals surface area contributed by atoms with Crippen molar-refractivity contribution in [3.05, 3.63) is 47.5 Å². The van der Waals surface area contributed by atoms with Crippen molar-refractivity contribution < 1.29 is 37.4 Å². The van der Waals surface area contributed by atoms with Crippen LogP contribution in [0.5, 0.6) is 0 Å². The van der Waals surface area contributed by atoms with Crippen LogP contribution in [0.4, 0.5) is 35.3 Å². The lowest BCUT2D eigenvalue weighted by Crippen LogP contribution is -2.64. The molecule has 4 aliphatic rings. The summed E-state index contributed by atoms with van der Waals surface area (Å²) in [6.45, 7) is 5.97. The number of anilines is 2. The summed E-state index contributed by atoms with van der Waals surface area (Å²) in [6, 6.07) is 10.9. The Kier molecular flexibility index (Phi) is 6.73. The Morgan fingerprint density at radius 2 is 1.83 bits per heavy atom. The number of quaternary nitrogens is 1. The first-order valence-corrected chi connectivity index (χ1v) is 13.3. The third kappa shape index (κ3) is 4.97. The minimum atomic E-state index is -5.28. The number of halogens is 3. The summed E-state index contributed by atoms with van der Waals surface area (Å²) in [6.07, 6.45) is -3.66. The van der Waals surface area contributed by atoms with E-state index in [9.17, 15) is 32.8 Å². The van der Waals surface area contributed by atoms with Gasteiger partial charge in [0.1, 0.15) is 6.54 Å². The maximum absolute atomic E-state index is 13.5. The highest BCUT2D eigenvalue weighted by Crippen LogP contribution is 2.44. The van der Waals surface area contributed by atoms with Crippen molar-refractivity contribution in [1.82, 2.24) is 9.55 Å². The average molecular weight is 573 g/mol. The number of urea groups is 1. The number of aromatic nitrogens is 1. The van der Waals surface area contributed by atoms with E-state index < -0.39 is 28.2 Å². The van der Waals surface area contributed by atoms with Gasteiger partial charge in [0.25, 0.3) is 11.6 Å². The van der Waals surface area contributed by atoms with Gasteiger partial charge >= 0.3 is 24.0 Å². The molecule has 13 heteroatoms. The number of carbonyl (C=O) groups excluding carboxylic acids is 3. The third-order valence-corrected chi connectivity index (χ3v) is 7.71. The van der Waals surface area contributed by atoms with Crippen LogP contribution in [-0.2, 0) is 9.63 Å². The van der Waals surface area contributed by atoms with Gasteiger partial charge < -0.3 is 4.90 Å². The standard InChI is InChI=1S/C28H30F3N6O4/c1-27(2,3)16-37(41-25(39)28(29,30)31)21-10-11-22(33-23(21)34(4)26(37)40)35-14-20-9-8-19(35)15-36(20)24(38)18-7-5-6-17(12-18)13-32/h5-7,10-12,19-20H,8-9,14-16H2,1-4H3/q+1/p+1. The second-order valence-electron chi connectivity index (χ2n) is 11.9. The molecule has 3 atom stereocenters. The predicted molar refractivity (Wildman–Crippen MR) is 141 cm³/mol. The summed E-state index contributed by atoms with van der Waals surface area (Å²) in [5.41, 5.74) is 0.282. The lowest BCUT2D eigenvalue weighted by Gasteiger charge is -2.49. The summed E-state index contributed by atoms with van der Waals surface area (Å²) in [7, 11) is 1.42. The molecule has 0 radical (unpaired) electrons. The number of nitrogens with zero attached hydrogens (tertiary/aromatic N) is 5. The topological polar surface area (TPSA) is 108 Å². The van der Waals surface area contributed by atoms with Gasteiger partial charge in [-0.05, 0) is 31.0 Å². The number of hydrogen-bond acceptors (Lipinski definition) is 6. The van der Waals surface area contributed by atoms with Crippen molar-refractivity contribution in [1.29, 1.82) is 5.26 Å². The van der Waals surface area contributed by atoms with Crippen LogP contribution in [0.15, 0.2) is 36.4 Å². The third-order valence-electron chi connectivity index (χ3n) is 7.71. The van der Waals surface area contributed by atoms with E-state index in [1.54, 1.807) is 51.1 Å². The molecule has 0 aliphatic carbocycles. The van der Waals surface area contributed by atoms with Crippen molar-refractivity contribution in [3.8, 4) is 6.07 Å². The fraction of sp³-hybridized carbons (Fsp3) is 0.464. The highest BCUT2D eigenvalue weighted by molar-refractivity contribution is 6.07. The molecule has 3 amide bonds. The molecule has 3 fully saturated rings. The number of hydrogen-bond donors (Lipinski definition) is 0. The minimum Gasteiger partial charge on any atom is -0.329 e. The number of aromatic amines is 1. The minimum absolute atomic E-state index is 0.0447. The van der Waals surface area contributed by atoms with E-state index in [-0.39, 0.29) is 36.0 Å². The zero-order valence-electron chi connectivity index (χ0n) is 23.2. The summed E-state index contributed by atoms with van der Waals surface area (Å²) in [5, 5.41) is 9.20. The van der Waals surface area contributed by atoms with Crippen LogP contribution in [0.3, 0.4) is 0 Å². The molecule has 2 aromatic rings. The van der Waals surface area contributed by atoms with Gasteiger partial charge in [-0.1, -0.05) is 26.8 Å².